The third-order valence-corrected chi connectivity index (χ3v) is 6.31. The summed E-state index contributed by atoms with van der Waals surface area (Å²) in [5.41, 5.74) is 2.12. The molecule has 1 fully saturated rings. The van der Waals surface area contributed by atoms with E-state index in [9.17, 15) is 4.79 Å². The Kier molecular flexibility index (Phi) is 7.68. The highest BCUT2D eigenvalue weighted by Gasteiger charge is 2.36. The van der Waals surface area contributed by atoms with Crippen molar-refractivity contribution in [3.8, 4) is 0 Å². The molecule has 1 N–H and O–H groups in total. The van der Waals surface area contributed by atoms with E-state index in [1.165, 1.54) is 0 Å². The first-order valence-electron chi connectivity index (χ1n) is 10.6. The number of nitrogens with one attached hydrogen (secondary N) is 1. The minimum absolute atomic E-state index is 0.00483. The van der Waals surface area contributed by atoms with E-state index in [1.807, 2.05) is 12.1 Å². The third kappa shape index (κ3) is 5.80. The van der Waals surface area contributed by atoms with Crippen LogP contribution in [0.2, 0.25) is 10.0 Å². The van der Waals surface area contributed by atoms with Gasteiger partial charge in [-0.15, -0.1) is 0 Å². The minimum atomic E-state index is -0.355. The molecule has 6 nitrogen and oxygen atoms in total. The van der Waals surface area contributed by atoms with Crippen molar-refractivity contribution >= 4 is 29.2 Å². The maximum Gasteiger partial charge on any atom is 0.341 e. The average Bonchev–Trinajstić information content (AvgIpc) is 2.91. The summed E-state index contributed by atoms with van der Waals surface area (Å²) >= 11 is 12.5. The van der Waals surface area contributed by atoms with Crippen LogP contribution < -0.4 is 5.32 Å². The number of halogens is 2. The second-order valence-corrected chi connectivity index (χ2v) is 9.91. The molecule has 1 aromatic carbocycles. The second-order valence-electron chi connectivity index (χ2n) is 9.09. The normalized spacial score (nSPS) is 22.2. The first-order valence-corrected chi connectivity index (χ1v) is 11.4. The summed E-state index contributed by atoms with van der Waals surface area (Å²) in [6, 6.07) is 5.63. The van der Waals surface area contributed by atoms with Gasteiger partial charge in [0, 0.05) is 32.3 Å². The molecule has 0 saturated carbocycles. The van der Waals surface area contributed by atoms with Crippen LogP contribution in [0.1, 0.15) is 55.4 Å². The van der Waals surface area contributed by atoms with Crippen LogP contribution in [0.15, 0.2) is 24.4 Å². The molecule has 1 aliphatic rings. The molecule has 1 unspecified atom stereocenters. The molecule has 2 aromatic rings. The van der Waals surface area contributed by atoms with Crippen LogP contribution in [0.5, 0.6) is 0 Å². The van der Waals surface area contributed by atoms with Crippen LogP contribution in [0.25, 0.3) is 0 Å². The lowest BCUT2D eigenvalue weighted by Crippen LogP contribution is -2.37. The van der Waals surface area contributed by atoms with Crippen LogP contribution in [0, 0.1) is 11.3 Å². The molecule has 3 atom stereocenters. The van der Waals surface area contributed by atoms with E-state index in [4.69, 9.17) is 32.7 Å². The van der Waals surface area contributed by atoms with Gasteiger partial charge in [0.2, 0.25) is 0 Å². The number of rotatable bonds is 5. The molecule has 1 aromatic heterocycles. The molecule has 31 heavy (non-hydrogen) atoms. The number of hydrogen-bond donors (Lipinski definition) is 1. The predicted molar refractivity (Wildman–Crippen MR) is 123 cm³/mol. The van der Waals surface area contributed by atoms with Crippen molar-refractivity contribution in [1.82, 2.24) is 15.1 Å². The lowest BCUT2D eigenvalue weighted by Gasteiger charge is -2.34. The largest absolute Gasteiger partial charge is 0.462 e. The van der Waals surface area contributed by atoms with E-state index in [1.54, 1.807) is 30.9 Å². The van der Waals surface area contributed by atoms with Crippen LogP contribution in [-0.2, 0) is 22.9 Å². The van der Waals surface area contributed by atoms with E-state index < -0.39 is 0 Å². The predicted octanol–water partition coefficient (Wildman–Crippen LogP) is 4.84. The zero-order chi connectivity index (χ0) is 22.8. The Morgan fingerprint density at radius 2 is 2.03 bits per heavy atom. The van der Waals surface area contributed by atoms with Crippen molar-refractivity contribution in [1.29, 1.82) is 0 Å². The van der Waals surface area contributed by atoms with Crippen molar-refractivity contribution < 1.29 is 14.3 Å². The maximum absolute atomic E-state index is 12.5. The van der Waals surface area contributed by atoms with Crippen LogP contribution in [0.3, 0.4) is 0 Å². The monoisotopic (exact) mass is 467 g/mol. The number of carbonyl (C=O) groups excluding carboxylic acids is 1. The number of aromatic nitrogens is 2. The fourth-order valence-corrected chi connectivity index (χ4v) is 4.19. The van der Waals surface area contributed by atoms with Crippen molar-refractivity contribution in [3.05, 3.63) is 51.3 Å². The molecule has 2 heterocycles. The summed E-state index contributed by atoms with van der Waals surface area (Å²) in [5, 5.41) is 9.10. The first kappa shape index (κ1) is 24.1. The molecule has 0 spiro atoms. The summed E-state index contributed by atoms with van der Waals surface area (Å²) in [5.74, 6) is -0.320. The molecule has 3 rings (SSSR count). The highest BCUT2D eigenvalue weighted by atomic mass is 35.5. The Morgan fingerprint density at radius 1 is 1.29 bits per heavy atom. The van der Waals surface area contributed by atoms with E-state index in [0.29, 0.717) is 34.3 Å². The Bertz CT molecular complexity index is 923. The number of ether oxygens (including phenoxy) is 2. The summed E-state index contributed by atoms with van der Waals surface area (Å²) < 4.78 is 13.6. The van der Waals surface area contributed by atoms with Crippen molar-refractivity contribution in [2.45, 2.75) is 46.3 Å². The van der Waals surface area contributed by atoms with Gasteiger partial charge < -0.3 is 14.8 Å². The molecule has 0 radical (unpaired) electrons. The van der Waals surface area contributed by atoms with Gasteiger partial charge in [-0.05, 0) is 36.5 Å². The summed E-state index contributed by atoms with van der Waals surface area (Å²) in [4.78, 5) is 12.5. The fourth-order valence-electron chi connectivity index (χ4n) is 3.89. The van der Waals surface area contributed by atoms with Gasteiger partial charge in [-0.1, -0.05) is 50.0 Å². The third-order valence-electron chi connectivity index (χ3n) is 5.57. The molecule has 0 bridgehead atoms. The number of carbonyl (C=O) groups is 1. The number of hydrogen-bond acceptors (Lipinski definition) is 5. The smallest absolute Gasteiger partial charge is 0.341 e. The van der Waals surface area contributed by atoms with Gasteiger partial charge in [-0.2, -0.15) is 5.10 Å². The van der Waals surface area contributed by atoms with Gasteiger partial charge in [-0.25, -0.2) is 4.79 Å². The van der Waals surface area contributed by atoms with Gasteiger partial charge in [-0.3, -0.25) is 4.68 Å². The molecule has 0 aliphatic carbocycles. The second kappa shape index (κ2) is 9.90. The minimum Gasteiger partial charge on any atom is -0.462 e. The van der Waals surface area contributed by atoms with E-state index in [-0.39, 0.29) is 29.5 Å². The molecular formula is C23H31Cl2N3O3. The van der Waals surface area contributed by atoms with Crippen LogP contribution >= 0.6 is 23.2 Å². The summed E-state index contributed by atoms with van der Waals surface area (Å²) in [6.45, 7) is 10.1. The number of esters is 1. The van der Waals surface area contributed by atoms with Crippen molar-refractivity contribution in [2.24, 2.45) is 18.4 Å². The topological polar surface area (TPSA) is 65.4 Å². The van der Waals surface area contributed by atoms with Crippen molar-refractivity contribution in [2.75, 3.05) is 19.7 Å². The van der Waals surface area contributed by atoms with Gasteiger partial charge in [0.25, 0.3) is 0 Å². The molecule has 8 heteroatoms. The first-order chi connectivity index (χ1) is 14.6. The zero-order valence-corrected chi connectivity index (χ0v) is 20.3. The van der Waals surface area contributed by atoms with Crippen LogP contribution in [-0.4, -0.2) is 41.6 Å². The Labute approximate surface area is 194 Å². The lowest BCUT2D eigenvalue weighted by molar-refractivity contribution is -0.0743. The molecule has 1 aliphatic heterocycles. The Hall–Kier alpha value is -1.60. The number of benzene rings is 1. The van der Waals surface area contributed by atoms with E-state index in [2.05, 4.69) is 31.2 Å². The Balaban J connectivity index is 1.96. The van der Waals surface area contributed by atoms with E-state index >= 15 is 0 Å². The van der Waals surface area contributed by atoms with E-state index in [0.717, 1.165) is 18.7 Å². The SMILES string of the molecule is CCOC(=O)c1cn(C)nc1C[C@@H]1CNCC(C(C)(C)C)O[C@H]1c1ccc(Cl)c(Cl)c1. The zero-order valence-electron chi connectivity index (χ0n) is 18.7. The molecule has 170 valence electrons. The summed E-state index contributed by atoms with van der Waals surface area (Å²) in [7, 11) is 1.81. The molecular weight excluding hydrogens is 437 g/mol. The fraction of sp³-hybridized carbons (Fsp3) is 0.565. The maximum atomic E-state index is 12.5. The Morgan fingerprint density at radius 3 is 2.68 bits per heavy atom. The van der Waals surface area contributed by atoms with Gasteiger partial charge >= 0.3 is 5.97 Å². The average molecular weight is 468 g/mol. The van der Waals surface area contributed by atoms with Gasteiger partial charge in [0.15, 0.2) is 0 Å². The standard InChI is InChI=1S/C23H31Cl2N3O3/c1-6-30-22(29)16-13-28(5)27-19(16)10-15-11-26-12-20(23(2,3)4)31-21(15)14-7-8-17(24)18(25)9-14/h7-9,13,15,20-21,26H,6,10-12H2,1-5H3/t15-,20?,21+/m1/s1. The summed E-state index contributed by atoms with van der Waals surface area (Å²) in [6.07, 6.45) is 2.05. The molecule has 0 amide bonds. The van der Waals surface area contributed by atoms with Crippen molar-refractivity contribution in [3.63, 3.8) is 0 Å². The molecule has 1 saturated heterocycles. The highest BCUT2D eigenvalue weighted by Crippen LogP contribution is 2.38. The number of nitrogens with zero attached hydrogens (tertiary/aromatic N) is 2. The quantitative estimate of drug-likeness (QED) is 0.637. The lowest BCUT2D eigenvalue weighted by atomic mass is 9.88. The number of aryl methyl sites for hydroxylation is 1. The van der Waals surface area contributed by atoms with Gasteiger partial charge in [0.05, 0.1) is 34.6 Å². The highest BCUT2D eigenvalue weighted by molar-refractivity contribution is 6.42. The van der Waals surface area contributed by atoms with Gasteiger partial charge in [0.1, 0.15) is 5.56 Å². The van der Waals surface area contributed by atoms with Crippen LogP contribution in [0.4, 0.5) is 0 Å².